The number of amides is 2. The van der Waals surface area contributed by atoms with Crippen molar-refractivity contribution in [1.29, 1.82) is 0 Å². The molecule has 0 radical (unpaired) electrons. The SMILES string of the molecule is CCCCCNC(=O)Nc1cccnc1OC(C)C. The number of unbranched alkanes of at least 4 members (excludes halogenated alkanes) is 2. The molecule has 106 valence electrons. The average Bonchev–Trinajstić information content (AvgIpc) is 2.36. The predicted molar refractivity (Wildman–Crippen MR) is 76.5 cm³/mol. The molecule has 1 aromatic heterocycles. The first kappa shape index (κ1) is 15.3. The summed E-state index contributed by atoms with van der Waals surface area (Å²) in [6.45, 7) is 6.65. The fraction of sp³-hybridized carbons (Fsp3) is 0.571. The summed E-state index contributed by atoms with van der Waals surface area (Å²) in [6, 6.07) is 3.31. The molecular formula is C14H23N3O2. The molecule has 0 atom stereocenters. The van der Waals surface area contributed by atoms with Gasteiger partial charge < -0.3 is 15.4 Å². The van der Waals surface area contributed by atoms with Gasteiger partial charge in [0, 0.05) is 12.7 Å². The maximum absolute atomic E-state index is 11.7. The van der Waals surface area contributed by atoms with Gasteiger partial charge in [-0.15, -0.1) is 0 Å². The van der Waals surface area contributed by atoms with Crippen molar-refractivity contribution in [2.45, 2.75) is 46.1 Å². The highest BCUT2D eigenvalue weighted by atomic mass is 16.5. The number of nitrogens with one attached hydrogen (secondary N) is 2. The lowest BCUT2D eigenvalue weighted by Gasteiger charge is -2.13. The molecule has 1 heterocycles. The summed E-state index contributed by atoms with van der Waals surface area (Å²) in [4.78, 5) is 15.8. The smallest absolute Gasteiger partial charge is 0.319 e. The number of anilines is 1. The summed E-state index contributed by atoms with van der Waals surface area (Å²) >= 11 is 0. The van der Waals surface area contributed by atoms with E-state index in [-0.39, 0.29) is 12.1 Å². The summed E-state index contributed by atoms with van der Waals surface area (Å²) in [5, 5.41) is 5.57. The molecule has 0 aliphatic carbocycles. The molecule has 1 rings (SSSR count). The Bertz CT molecular complexity index is 394. The third-order valence-electron chi connectivity index (χ3n) is 2.43. The summed E-state index contributed by atoms with van der Waals surface area (Å²) in [5.41, 5.74) is 0.587. The molecule has 1 aromatic rings. The van der Waals surface area contributed by atoms with E-state index in [0.29, 0.717) is 18.1 Å². The molecule has 0 spiro atoms. The normalized spacial score (nSPS) is 10.3. The Kier molecular flexibility index (Phi) is 6.71. The van der Waals surface area contributed by atoms with Gasteiger partial charge in [-0.2, -0.15) is 0 Å². The number of rotatable bonds is 7. The number of urea groups is 1. The summed E-state index contributed by atoms with van der Waals surface area (Å²) in [5.74, 6) is 0.446. The lowest BCUT2D eigenvalue weighted by atomic mass is 10.2. The van der Waals surface area contributed by atoms with Crippen LogP contribution in [0, 0.1) is 0 Å². The van der Waals surface area contributed by atoms with Crippen molar-refractivity contribution in [1.82, 2.24) is 10.3 Å². The number of nitrogens with zero attached hydrogens (tertiary/aromatic N) is 1. The van der Waals surface area contributed by atoms with Crippen molar-refractivity contribution >= 4 is 11.7 Å². The molecule has 0 bridgehead atoms. The Morgan fingerprint density at radius 3 is 2.89 bits per heavy atom. The molecule has 5 nitrogen and oxygen atoms in total. The van der Waals surface area contributed by atoms with Crippen molar-refractivity contribution in [2.24, 2.45) is 0 Å². The first-order valence-electron chi connectivity index (χ1n) is 6.80. The fourth-order valence-corrected chi connectivity index (χ4v) is 1.55. The van der Waals surface area contributed by atoms with E-state index in [1.807, 2.05) is 13.8 Å². The van der Waals surface area contributed by atoms with Gasteiger partial charge in [0.2, 0.25) is 5.88 Å². The highest BCUT2D eigenvalue weighted by Gasteiger charge is 2.09. The molecule has 0 aliphatic rings. The molecular weight excluding hydrogens is 242 g/mol. The van der Waals surface area contributed by atoms with Crippen LogP contribution >= 0.6 is 0 Å². The Morgan fingerprint density at radius 2 is 2.21 bits per heavy atom. The van der Waals surface area contributed by atoms with E-state index in [1.165, 1.54) is 0 Å². The zero-order valence-electron chi connectivity index (χ0n) is 11.9. The van der Waals surface area contributed by atoms with Crippen molar-refractivity contribution in [3.05, 3.63) is 18.3 Å². The van der Waals surface area contributed by atoms with Crippen LogP contribution in [0.2, 0.25) is 0 Å². The first-order valence-corrected chi connectivity index (χ1v) is 6.80. The number of pyridine rings is 1. The zero-order valence-corrected chi connectivity index (χ0v) is 11.9. The van der Waals surface area contributed by atoms with Crippen LogP contribution in [0.1, 0.15) is 40.0 Å². The Morgan fingerprint density at radius 1 is 1.42 bits per heavy atom. The van der Waals surface area contributed by atoms with Gasteiger partial charge in [0.15, 0.2) is 0 Å². The van der Waals surface area contributed by atoms with Gasteiger partial charge in [0.05, 0.1) is 6.10 Å². The number of ether oxygens (including phenoxy) is 1. The maximum Gasteiger partial charge on any atom is 0.319 e. The third-order valence-corrected chi connectivity index (χ3v) is 2.43. The van der Waals surface area contributed by atoms with Crippen LogP contribution in [-0.2, 0) is 0 Å². The van der Waals surface area contributed by atoms with Crippen LogP contribution in [0.25, 0.3) is 0 Å². The number of carbonyl (C=O) groups is 1. The lowest BCUT2D eigenvalue weighted by Crippen LogP contribution is -2.29. The van der Waals surface area contributed by atoms with Crippen LogP contribution in [0.15, 0.2) is 18.3 Å². The maximum atomic E-state index is 11.7. The van der Waals surface area contributed by atoms with Gasteiger partial charge in [0.25, 0.3) is 0 Å². The van der Waals surface area contributed by atoms with E-state index >= 15 is 0 Å². The van der Waals surface area contributed by atoms with Crippen molar-refractivity contribution in [3.63, 3.8) is 0 Å². The number of aromatic nitrogens is 1. The molecule has 0 saturated carbocycles. The molecule has 0 aromatic carbocycles. The number of carbonyl (C=O) groups excluding carboxylic acids is 1. The van der Waals surface area contributed by atoms with E-state index in [4.69, 9.17) is 4.74 Å². The van der Waals surface area contributed by atoms with Crippen molar-refractivity contribution in [3.8, 4) is 5.88 Å². The van der Waals surface area contributed by atoms with Crippen LogP contribution in [0.5, 0.6) is 5.88 Å². The average molecular weight is 265 g/mol. The predicted octanol–water partition coefficient (Wildman–Crippen LogP) is 3.18. The summed E-state index contributed by atoms with van der Waals surface area (Å²) < 4.78 is 5.54. The second kappa shape index (κ2) is 8.34. The summed E-state index contributed by atoms with van der Waals surface area (Å²) in [7, 11) is 0. The van der Waals surface area contributed by atoms with E-state index < -0.39 is 0 Å². The topological polar surface area (TPSA) is 63.2 Å². The minimum Gasteiger partial charge on any atom is -0.473 e. The van der Waals surface area contributed by atoms with Gasteiger partial charge in [-0.05, 0) is 32.4 Å². The van der Waals surface area contributed by atoms with Gasteiger partial charge in [0.1, 0.15) is 5.69 Å². The Balaban J connectivity index is 2.49. The van der Waals surface area contributed by atoms with Crippen molar-refractivity contribution < 1.29 is 9.53 Å². The first-order chi connectivity index (χ1) is 9.13. The van der Waals surface area contributed by atoms with Crippen molar-refractivity contribution in [2.75, 3.05) is 11.9 Å². The quantitative estimate of drug-likeness (QED) is 0.744. The van der Waals surface area contributed by atoms with Crippen LogP contribution in [0.4, 0.5) is 10.5 Å². The van der Waals surface area contributed by atoms with Crippen LogP contribution < -0.4 is 15.4 Å². The second-order valence-corrected chi connectivity index (χ2v) is 4.61. The third kappa shape index (κ3) is 6.08. The Labute approximate surface area is 114 Å². The van der Waals surface area contributed by atoms with Gasteiger partial charge in [-0.25, -0.2) is 9.78 Å². The minimum atomic E-state index is -0.224. The lowest BCUT2D eigenvalue weighted by molar-refractivity contribution is 0.233. The molecule has 2 N–H and O–H groups in total. The van der Waals surface area contributed by atoms with Gasteiger partial charge in [-0.1, -0.05) is 19.8 Å². The molecule has 0 unspecified atom stereocenters. The molecule has 5 heteroatoms. The molecule has 19 heavy (non-hydrogen) atoms. The van der Waals surface area contributed by atoms with Gasteiger partial charge >= 0.3 is 6.03 Å². The van der Waals surface area contributed by atoms with E-state index in [9.17, 15) is 4.79 Å². The van der Waals surface area contributed by atoms with Crippen LogP contribution in [0.3, 0.4) is 0 Å². The van der Waals surface area contributed by atoms with E-state index in [0.717, 1.165) is 19.3 Å². The fourth-order valence-electron chi connectivity index (χ4n) is 1.55. The van der Waals surface area contributed by atoms with E-state index in [2.05, 4.69) is 22.5 Å². The number of hydrogen-bond donors (Lipinski definition) is 2. The molecule has 0 fully saturated rings. The highest BCUT2D eigenvalue weighted by molar-refractivity contribution is 5.90. The number of hydrogen-bond acceptors (Lipinski definition) is 3. The molecule has 0 aliphatic heterocycles. The zero-order chi connectivity index (χ0) is 14.1. The highest BCUT2D eigenvalue weighted by Crippen LogP contribution is 2.21. The van der Waals surface area contributed by atoms with E-state index in [1.54, 1.807) is 18.3 Å². The Hall–Kier alpha value is -1.78. The van der Waals surface area contributed by atoms with Crippen LogP contribution in [-0.4, -0.2) is 23.7 Å². The monoisotopic (exact) mass is 265 g/mol. The largest absolute Gasteiger partial charge is 0.473 e. The minimum absolute atomic E-state index is 0.0167. The second-order valence-electron chi connectivity index (χ2n) is 4.61. The standard InChI is InChI=1S/C14H23N3O2/c1-4-5-6-9-16-14(18)17-12-8-7-10-15-13(12)19-11(2)3/h7-8,10-11H,4-6,9H2,1-3H3,(H2,16,17,18). The molecule has 2 amide bonds. The molecule has 0 saturated heterocycles. The summed E-state index contributed by atoms with van der Waals surface area (Å²) in [6.07, 6.45) is 4.91. The van der Waals surface area contributed by atoms with Gasteiger partial charge in [-0.3, -0.25) is 0 Å².